The summed E-state index contributed by atoms with van der Waals surface area (Å²) in [7, 11) is 3.88. The SMILES string of the molecule is CN(C)c1cccc(CNC(=O)[C@@H]2CCCO2)n1. The van der Waals surface area contributed by atoms with Gasteiger partial charge in [0.05, 0.1) is 12.2 Å². The van der Waals surface area contributed by atoms with Gasteiger partial charge in [-0.3, -0.25) is 4.79 Å². The molecule has 0 saturated carbocycles. The lowest BCUT2D eigenvalue weighted by molar-refractivity contribution is -0.130. The molecule has 1 saturated heterocycles. The summed E-state index contributed by atoms with van der Waals surface area (Å²) >= 11 is 0. The lowest BCUT2D eigenvalue weighted by Crippen LogP contribution is -2.33. The molecule has 1 aliphatic rings. The molecular formula is C13H19N3O2. The summed E-state index contributed by atoms with van der Waals surface area (Å²) in [5.41, 5.74) is 0.854. The second-order valence-corrected chi connectivity index (χ2v) is 4.60. The fourth-order valence-corrected chi connectivity index (χ4v) is 1.89. The van der Waals surface area contributed by atoms with Crippen LogP contribution in [-0.2, 0) is 16.1 Å². The fraction of sp³-hybridized carbons (Fsp3) is 0.538. The zero-order chi connectivity index (χ0) is 13.0. The van der Waals surface area contributed by atoms with Crippen LogP contribution < -0.4 is 10.2 Å². The Morgan fingerprint density at radius 1 is 1.56 bits per heavy atom. The van der Waals surface area contributed by atoms with E-state index in [0.717, 1.165) is 24.4 Å². The van der Waals surface area contributed by atoms with E-state index in [9.17, 15) is 4.79 Å². The first kappa shape index (κ1) is 12.8. The molecule has 0 aliphatic carbocycles. The van der Waals surface area contributed by atoms with Crippen molar-refractivity contribution in [2.24, 2.45) is 0 Å². The van der Waals surface area contributed by atoms with E-state index in [-0.39, 0.29) is 12.0 Å². The Hall–Kier alpha value is -1.62. The van der Waals surface area contributed by atoms with E-state index in [1.54, 1.807) is 0 Å². The van der Waals surface area contributed by atoms with E-state index < -0.39 is 0 Å². The lowest BCUT2D eigenvalue weighted by atomic mass is 10.2. The third kappa shape index (κ3) is 3.20. The van der Waals surface area contributed by atoms with Crippen molar-refractivity contribution in [3.8, 4) is 0 Å². The van der Waals surface area contributed by atoms with Crippen molar-refractivity contribution < 1.29 is 9.53 Å². The molecule has 2 rings (SSSR count). The first-order valence-corrected chi connectivity index (χ1v) is 6.19. The second-order valence-electron chi connectivity index (χ2n) is 4.60. The number of amides is 1. The molecule has 1 aliphatic heterocycles. The predicted octanol–water partition coefficient (Wildman–Crippen LogP) is 0.943. The standard InChI is InChI=1S/C13H19N3O2/c1-16(2)12-7-3-5-10(15-12)9-14-13(17)11-6-4-8-18-11/h3,5,7,11H,4,6,8-9H2,1-2H3,(H,14,17)/t11-/m0/s1. The molecule has 1 amide bonds. The zero-order valence-corrected chi connectivity index (χ0v) is 10.8. The minimum Gasteiger partial charge on any atom is -0.368 e. The average molecular weight is 249 g/mol. The van der Waals surface area contributed by atoms with Gasteiger partial charge in [-0.05, 0) is 25.0 Å². The summed E-state index contributed by atoms with van der Waals surface area (Å²) in [6, 6.07) is 5.78. The van der Waals surface area contributed by atoms with Crippen LogP contribution in [0.15, 0.2) is 18.2 Å². The molecule has 1 fully saturated rings. The Labute approximate surface area is 107 Å². The molecule has 1 aromatic rings. The molecule has 5 heteroatoms. The largest absolute Gasteiger partial charge is 0.368 e. The van der Waals surface area contributed by atoms with Crippen LogP contribution in [0.3, 0.4) is 0 Å². The second kappa shape index (κ2) is 5.82. The fourth-order valence-electron chi connectivity index (χ4n) is 1.89. The van der Waals surface area contributed by atoms with Gasteiger partial charge in [0.25, 0.3) is 0 Å². The van der Waals surface area contributed by atoms with E-state index in [1.807, 2.05) is 37.2 Å². The van der Waals surface area contributed by atoms with Crippen LogP contribution in [0, 0.1) is 0 Å². The van der Waals surface area contributed by atoms with Crippen molar-refractivity contribution in [1.29, 1.82) is 0 Å². The number of hydrogen-bond acceptors (Lipinski definition) is 4. The van der Waals surface area contributed by atoms with Gasteiger partial charge in [0.15, 0.2) is 0 Å². The van der Waals surface area contributed by atoms with Crippen LogP contribution in [0.5, 0.6) is 0 Å². The molecule has 0 aromatic carbocycles. The van der Waals surface area contributed by atoms with Gasteiger partial charge in [-0.15, -0.1) is 0 Å². The van der Waals surface area contributed by atoms with E-state index in [0.29, 0.717) is 13.2 Å². The van der Waals surface area contributed by atoms with E-state index in [1.165, 1.54) is 0 Å². The molecular weight excluding hydrogens is 230 g/mol. The van der Waals surface area contributed by atoms with Gasteiger partial charge in [-0.25, -0.2) is 4.98 Å². The average Bonchev–Trinajstić information content (AvgIpc) is 2.90. The van der Waals surface area contributed by atoms with E-state index >= 15 is 0 Å². The Bertz CT molecular complexity index is 414. The monoisotopic (exact) mass is 249 g/mol. The number of nitrogens with zero attached hydrogens (tertiary/aromatic N) is 2. The highest BCUT2D eigenvalue weighted by molar-refractivity contribution is 5.80. The normalized spacial score (nSPS) is 18.7. The summed E-state index contributed by atoms with van der Waals surface area (Å²) in [6.45, 7) is 1.13. The summed E-state index contributed by atoms with van der Waals surface area (Å²) in [6.07, 6.45) is 1.51. The Morgan fingerprint density at radius 2 is 2.39 bits per heavy atom. The van der Waals surface area contributed by atoms with Crippen molar-refractivity contribution in [1.82, 2.24) is 10.3 Å². The summed E-state index contributed by atoms with van der Waals surface area (Å²) < 4.78 is 5.32. The molecule has 0 unspecified atom stereocenters. The summed E-state index contributed by atoms with van der Waals surface area (Å²) in [5, 5.41) is 2.86. The smallest absolute Gasteiger partial charge is 0.249 e. The minimum atomic E-state index is -0.276. The topological polar surface area (TPSA) is 54.5 Å². The molecule has 2 heterocycles. The number of carbonyl (C=O) groups is 1. The van der Waals surface area contributed by atoms with E-state index in [2.05, 4.69) is 10.3 Å². The van der Waals surface area contributed by atoms with Gasteiger partial charge in [-0.1, -0.05) is 6.07 Å². The summed E-state index contributed by atoms with van der Waals surface area (Å²) in [4.78, 5) is 18.1. The molecule has 0 bridgehead atoms. The van der Waals surface area contributed by atoms with Gasteiger partial charge in [-0.2, -0.15) is 0 Å². The number of nitrogens with one attached hydrogen (secondary N) is 1. The number of hydrogen-bond donors (Lipinski definition) is 1. The minimum absolute atomic E-state index is 0.0374. The Morgan fingerprint density at radius 3 is 3.06 bits per heavy atom. The molecule has 1 aromatic heterocycles. The third-order valence-corrected chi connectivity index (χ3v) is 2.92. The van der Waals surface area contributed by atoms with Gasteiger partial charge in [0.2, 0.25) is 5.91 Å². The highest BCUT2D eigenvalue weighted by Crippen LogP contribution is 2.12. The molecule has 18 heavy (non-hydrogen) atoms. The number of rotatable bonds is 4. The van der Waals surface area contributed by atoms with Crippen LogP contribution in [0.1, 0.15) is 18.5 Å². The maximum Gasteiger partial charge on any atom is 0.249 e. The molecule has 5 nitrogen and oxygen atoms in total. The third-order valence-electron chi connectivity index (χ3n) is 2.92. The first-order valence-electron chi connectivity index (χ1n) is 6.19. The van der Waals surface area contributed by atoms with Crippen molar-refractivity contribution >= 4 is 11.7 Å². The van der Waals surface area contributed by atoms with Gasteiger partial charge in [0, 0.05) is 20.7 Å². The van der Waals surface area contributed by atoms with Gasteiger partial charge >= 0.3 is 0 Å². The number of ether oxygens (including phenoxy) is 1. The van der Waals surface area contributed by atoms with Crippen molar-refractivity contribution in [2.45, 2.75) is 25.5 Å². The van der Waals surface area contributed by atoms with Crippen molar-refractivity contribution in [3.05, 3.63) is 23.9 Å². The number of pyridine rings is 1. The van der Waals surface area contributed by atoms with Crippen LogP contribution >= 0.6 is 0 Å². The van der Waals surface area contributed by atoms with Crippen LogP contribution in [0.4, 0.5) is 5.82 Å². The number of anilines is 1. The van der Waals surface area contributed by atoms with Crippen LogP contribution in [-0.4, -0.2) is 37.7 Å². The lowest BCUT2D eigenvalue weighted by Gasteiger charge is -2.13. The van der Waals surface area contributed by atoms with Gasteiger partial charge < -0.3 is 15.0 Å². The Kier molecular flexibility index (Phi) is 4.15. The molecule has 0 radical (unpaired) electrons. The van der Waals surface area contributed by atoms with Crippen LogP contribution in [0.2, 0.25) is 0 Å². The predicted molar refractivity (Wildman–Crippen MR) is 69.4 cm³/mol. The quantitative estimate of drug-likeness (QED) is 0.863. The molecule has 0 spiro atoms. The Balaban J connectivity index is 1.89. The number of aromatic nitrogens is 1. The number of carbonyl (C=O) groups excluding carboxylic acids is 1. The highest BCUT2D eigenvalue weighted by Gasteiger charge is 2.23. The van der Waals surface area contributed by atoms with E-state index in [4.69, 9.17) is 4.74 Å². The van der Waals surface area contributed by atoms with Gasteiger partial charge in [0.1, 0.15) is 11.9 Å². The molecule has 98 valence electrons. The zero-order valence-electron chi connectivity index (χ0n) is 10.8. The molecule has 1 atom stereocenters. The van der Waals surface area contributed by atoms with Crippen molar-refractivity contribution in [2.75, 3.05) is 25.6 Å². The first-order chi connectivity index (χ1) is 8.66. The van der Waals surface area contributed by atoms with Crippen LogP contribution in [0.25, 0.3) is 0 Å². The maximum absolute atomic E-state index is 11.8. The van der Waals surface area contributed by atoms with Crippen molar-refractivity contribution in [3.63, 3.8) is 0 Å². The highest BCUT2D eigenvalue weighted by atomic mass is 16.5. The summed E-state index contributed by atoms with van der Waals surface area (Å²) in [5.74, 6) is 0.850. The molecule has 1 N–H and O–H groups in total. The maximum atomic E-state index is 11.8.